The number of hydrogen-bond acceptors (Lipinski definition) is 4. The van der Waals surface area contributed by atoms with Crippen LogP contribution in [0.5, 0.6) is 5.75 Å². The molecular formula is C31H44F3N3O3. The first-order valence-corrected chi connectivity index (χ1v) is 13.9. The van der Waals surface area contributed by atoms with Crippen molar-refractivity contribution in [3.05, 3.63) is 53.6 Å². The molecule has 222 valence electrons. The third kappa shape index (κ3) is 11.1. The maximum Gasteiger partial charge on any atom is 0.472 e. The summed E-state index contributed by atoms with van der Waals surface area (Å²) in [5.74, 6) is -1.94. The van der Waals surface area contributed by atoms with E-state index in [4.69, 9.17) is 4.74 Å². The van der Waals surface area contributed by atoms with Crippen LogP contribution in [0.25, 0.3) is 0 Å². The summed E-state index contributed by atoms with van der Waals surface area (Å²) in [5, 5.41) is 2.85. The number of hydrazine groups is 1. The fourth-order valence-corrected chi connectivity index (χ4v) is 4.78. The maximum absolute atomic E-state index is 13.4. The number of anilines is 2. The molecule has 0 saturated heterocycles. The molecule has 0 aliphatic heterocycles. The molecule has 0 heterocycles. The molecule has 0 aliphatic rings. The van der Waals surface area contributed by atoms with Crippen molar-refractivity contribution in [1.82, 2.24) is 5.43 Å². The van der Waals surface area contributed by atoms with Gasteiger partial charge >= 0.3 is 12.1 Å². The number of hydrogen-bond donors (Lipinski definition) is 3. The summed E-state index contributed by atoms with van der Waals surface area (Å²) in [4.78, 5) is 24.4. The average molecular weight is 564 g/mol. The standard InChI is InChI=1S/C31H44F3N3O3/c1-7-8-9-10-11-12-19-40-26-18-13-22(30(5,6)21-29(2,3)4)20-25(26)27(38)35-23-14-16-24(17-15-23)36-37-28(39)31(32,33)34/h13-18,20,36H,7-12,19,21H2,1-6H3,(H,35,38)(H,37,39). The molecule has 0 saturated carbocycles. The van der Waals surface area contributed by atoms with E-state index in [1.807, 2.05) is 18.2 Å². The van der Waals surface area contributed by atoms with Crippen LogP contribution in [-0.2, 0) is 10.2 Å². The first kappa shape index (κ1) is 33.0. The second kappa shape index (κ2) is 14.4. The van der Waals surface area contributed by atoms with Gasteiger partial charge in [-0.1, -0.05) is 79.7 Å². The molecule has 2 rings (SSSR count). The van der Waals surface area contributed by atoms with Gasteiger partial charge in [0, 0.05) is 5.69 Å². The van der Waals surface area contributed by atoms with Crippen LogP contribution in [0.3, 0.4) is 0 Å². The quantitative estimate of drug-likeness (QED) is 0.159. The first-order chi connectivity index (χ1) is 18.6. The lowest BCUT2D eigenvalue weighted by atomic mass is 9.72. The van der Waals surface area contributed by atoms with E-state index in [0.29, 0.717) is 23.6 Å². The van der Waals surface area contributed by atoms with E-state index in [9.17, 15) is 22.8 Å². The van der Waals surface area contributed by atoms with Crippen LogP contribution in [0.1, 0.15) is 102 Å². The molecular weight excluding hydrogens is 519 g/mol. The summed E-state index contributed by atoms with van der Waals surface area (Å²) < 4.78 is 43.2. The Morgan fingerprint density at radius 3 is 2.02 bits per heavy atom. The number of carbonyl (C=O) groups is 2. The number of nitrogens with one attached hydrogen (secondary N) is 3. The van der Waals surface area contributed by atoms with E-state index in [1.165, 1.54) is 43.5 Å². The number of halogens is 3. The summed E-state index contributed by atoms with van der Waals surface area (Å²) in [6.45, 7) is 13.6. The monoisotopic (exact) mass is 563 g/mol. The molecule has 9 heteroatoms. The molecule has 0 aromatic heterocycles. The van der Waals surface area contributed by atoms with Gasteiger partial charge in [-0.05, 0) is 65.6 Å². The third-order valence-corrected chi connectivity index (χ3v) is 6.45. The van der Waals surface area contributed by atoms with Crippen LogP contribution < -0.4 is 20.9 Å². The van der Waals surface area contributed by atoms with E-state index < -0.39 is 12.1 Å². The molecule has 2 aromatic rings. The first-order valence-electron chi connectivity index (χ1n) is 13.9. The molecule has 0 radical (unpaired) electrons. The zero-order valence-corrected chi connectivity index (χ0v) is 24.6. The van der Waals surface area contributed by atoms with Gasteiger partial charge in [-0.25, -0.2) is 0 Å². The molecule has 6 nitrogen and oxygen atoms in total. The topological polar surface area (TPSA) is 79.5 Å². The SMILES string of the molecule is CCCCCCCCOc1ccc(C(C)(C)CC(C)(C)C)cc1C(=O)Nc1ccc(NNC(=O)C(F)(F)F)cc1. The van der Waals surface area contributed by atoms with E-state index in [1.54, 1.807) is 5.43 Å². The highest BCUT2D eigenvalue weighted by Gasteiger charge is 2.38. The molecule has 0 bridgehead atoms. The van der Waals surface area contributed by atoms with Crippen molar-refractivity contribution in [2.45, 2.75) is 98.1 Å². The van der Waals surface area contributed by atoms with Crippen molar-refractivity contribution in [3.8, 4) is 5.75 Å². The lowest BCUT2D eigenvalue weighted by molar-refractivity contribution is -0.173. The van der Waals surface area contributed by atoms with Gasteiger partial charge in [0.2, 0.25) is 0 Å². The maximum atomic E-state index is 13.4. The van der Waals surface area contributed by atoms with Gasteiger partial charge < -0.3 is 10.1 Å². The van der Waals surface area contributed by atoms with Crippen molar-refractivity contribution >= 4 is 23.2 Å². The zero-order chi connectivity index (χ0) is 30.0. The normalized spacial score (nSPS) is 12.1. The second-order valence-corrected chi connectivity index (χ2v) is 12.1. The predicted molar refractivity (Wildman–Crippen MR) is 155 cm³/mol. The van der Waals surface area contributed by atoms with Gasteiger partial charge in [0.25, 0.3) is 5.91 Å². The van der Waals surface area contributed by atoms with Crippen molar-refractivity contribution in [2.75, 3.05) is 17.3 Å². The van der Waals surface area contributed by atoms with Gasteiger partial charge in [-0.15, -0.1) is 0 Å². The van der Waals surface area contributed by atoms with E-state index in [-0.39, 0.29) is 22.4 Å². The minimum Gasteiger partial charge on any atom is -0.493 e. The Balaban J connectivity index is 2.18. The van der Waals surface area contributed by atoms with Crippen LogP contribution in [-0.4, -0.2) is 24.6 Å². The van der Waals surface area contributed by atoms with Gasteiger partial charge in [-0.3, -0.25) is 20.4 Å². The summed E-state index contributed by atoms with van der Waals surface area (Å²) in [6.07, 6.45) is 2.70. The second-order valence-electron chi connectivity index (χ2n) is 12.1. The number of unbranched alkanes of at least 4 members (excludes halogenated alkanes) is 5. The van der Waals surface area contributed by atoms with Crippen molar-refractivity contribution in [1.29, 1.82) is 0 Å². The Labute approximate surface area is 236 Å². The van der Waals surface area contributed by atoms with Crippen molar-refractivity contribution in [3.63, 3.8) is 0 Å². The summed E-state index contributed by atoms with van der Waals surface area (Å²) >= 11 is 0. The number of carbonyl (C=O) groups excluding carboxylic acids is 2. The molecule has 2 aromatic carbocycles. The Morgan fingerprint density at radius 1 is 0.825 bits per heavy atom. The largest absolute Gasteiger partial charge is 0.493 e. The number of rotatable bonds is 14. The smallest absolute Gasteiger partial charge is 0.472 e. The molecule has 0 unspecified atom stereocenters. The molecule has 3 N–H and O–H groups in total. The van der Waals surface area contributed by atoms with Crippen LogP contribution in [0, 0.1) is 5.41 Å². The van der Waals surface area contributed by atoms with Gasteiger partial charge in [0.1, 0.15) is 5.75 Å². The van der Waals surface area contributed by atoms with Crippen LogP contribution in [0.15, 0.2) is 42.5 Å². The minimum absolute atomic E-state index is 0.0915. The Bertz CT molecular complexity index is 1110. The fourth-order valence-electron chi connectivity index (χ4n) is 4.78. The van der Waals surface area contributed by atoms with Gasteiger partial charge in [-0.2, -0.15) is 13.2 Å². The lowest BCUT2D eigenvalue weighted by Crippen LogP contribution is -2.40. The Hall–Kier alpha value is -3.23. The third-order valence-electron chi connectivity index (χ3n) is 6.45. The fraction of sp³-hybridized carbons (Fsp3) is 0.548. The van der Waals surface area contributed by atoms with E-state index >= 15 is 0 Å². The highest BCUT2D eigenvalue weighted by Crippen LogP contribution is 2.38. The highest BCUT2D eigenvalue weighted by molar-refractivity contribution is 6.06. The molecule has 0 aliphatic carbocycles. The van der Waals surface area contributed by atoms with Crippen LogP contribution in [0.4, 0.5) is 24.5 Å². The average Bonchev–Trinajstić information content (AvgIpc) is 2.85. The van der Waals surface area contributed by atoms with Crippen molar-refractivity contribution in [2.24, 2.45) is 5.41 Å². The lowest BCUT2D eigenvalue weighted by Gasteiger charge is -2.33. The Kier molecular flexibility index (Phi) is 11.9. The number of benzene rings is 2. The highest BCUT2D eigenvalue weighted by atomic mass is 19.4. The van der Waals surface area contributed by atoms with Gasteiger partial charge in [0.15, 0.2) is 0 Å². The van der Waals surface area contributed by atoms with E-state index in [2.05, 4.69) is 52.3 Å². The predicted octanol–water partition coefficient (Wildman–Crippen LogP) is 8.40. The number of amides is 2. The van der Waals surface area contributed by atoms with Crippen LogP contribution in [0.2, 0.25) is 0 Å². The molecule has 2 amide bonds. The number of alkyl halides is 3. The van der Waals surface area contributed by atoms with Gasteiger partial charge in [0.05, 0.1) is 17.9 Å². The van der Waals surface area contributed by atoms with Crippen LogP contribution >= 0.6 is 0 Å². The summed E-state index contributed by atoms with van der Waals surface area (Å²) in [5.41, 5.74) is 5.83. The molecule has 0 atom stereocenters. The minimum atomic E-state index is -4.99. The van der Waals surface area contributed by atoms with Crippen molar-refractivity contribution < 1.29 is 27.5 Å². The Morgan fingerprint density at radius 2 is 1.43 bits per heavy atom. The number of ether oxygens (including phenoxy) is 1. The zero-order valence-electron chi connectivity index (χ0n) is 24.6. The molecule has 40 heavy (non-hydrogen) atoms. The summed E-state index contributed by atoms with van der Waals surface area (Å²) in [7, 11) is 0. The van der Waals surface area contributed by atoms with E-state index in [0.717, 1.165) is 31.2 Å². The summed E-state index contributed by atoms with van der Waals surface area (Å²) in [6, 6.07) is 11.7. The molecule has 0 spiro atoms. The molecule has 0 fully saturated rings.